The first kappa shape index (κ1) is 10.9. The molecule has 1 amide bonds. The predicted molar refractivity (Wildman–Crippen MR) is 56.8 cm³/mol. The lowest BCUT2D eigenvalue weighted by Gasteiger charge is -2.23. The van der Waals surface area contributed by atoms with Gasteiger partial charge in [-0.05, 0) is 32.4 Å². The minimum Gasteiger partial charge on any atom is -0.353 e. The molecule has 0 aliphatic carbocycles. The van der Waals surface area contributed by atoms with Crippen molar-refractivity contribution in [2.45, 2.75) is 37.5 Å². The van der Waals surface area contributed by atoms with Crippen molar-refractivity contribution < 1.29 is 4.79 Å². The first-order valence-electron chi connectivity index (χ1n) is 4.71. The van der Waals surface area contributed by atoms with E-state index in [1.54, 1.807) is 6.92 Å². The van der Waals surface area contributed by atoms with Crippen LogP contribution in [0.4, 0.5) is 0 Å². The van der Waals surface area contributed by atoms with Crippen LogP contribution in [0.3, 0.4) is 0 Å². The number of thioether (sulfide) groups is 1. The Balaban J connectivity index is 2.29. The Morgan fingerprint density at radius 2 is 2.46 bits per heavy atom. The van der Waals surface area contributed by atoms with Crippen LogP contribution in [-0.4, -0.2) is 29.0 Å². The highest BCUT2D eigenvalue weighted by molar-refractivity contribution is 8.00. The van der Waals surface area contributed by atoms with Gasteiger partial charge in [-0.3, -0.25) is 4.79 Å². The fraction of sp³-hybridized carbons (Fsp3) is 0.889. The van der Waals surface area contributed by atoms with Gasteiger partial charge >= 0.3 is 0 Å². The fourth-order valence-corrected chi connectivity index (χ4v) is 2.66. The van der Waals surface area contributed by atoms with Gasteiger partial charge in [0.25, 0.3) is 0 Å². The number of carbonyl (C=O) groups is 1. The van der Waals surface area contributed by atoms with Crippen molar-refractivity contribution >= 4 is 17.7 Å². The SMILES string of the molecule is C[C@H](N)C(=O)NCC1(C)CCCS1. The second-order valence-corrected chi connectivity index (χ2v) is 5.59. The minimum atomic E-state index is -0.394. The maximum absolute atomic E-state index is 11.2. The number of nitrogens with two attached hydrogens (primary N) is 1. The summed E-state index contributed by atoms with van der Waals surface area (Å²) >= 11 is 1.94. The van der Waals surface area contributed by atoms with Crippen LogP contribution in [0.2, 0.25) is 0 Å². The summed E-state index contributed by atoms with van der Waals surface area (Å²) in [6, 6.07) is -0.394. The molecule has 1 heterocycles. The molecule has 0 bridgehead atoms. The van der Waals surface area contributed by atoms with Crippen LogP contribution in [0.1, 0.15) is 26.7 Å². The smallest absolute Gasteiger partial charge is 0.236 e. The van der Waals surface area contributed by atoms with Gasteiger partial charge in [-0.2, -0.15) is 11.8 Å². The predicted octanol–water partition coefficient (Wildman–Crippen LogP) is 0.735. The number of nitrogens with one attached hydrogen (secondary N) is 1. The quantitative estimate of drug-likeness (QED) is 0.709. The molecule has 1 rings (SSSR count). The molecule has 0 aromatic heterocycles. The lowest BCUT2D eigenvalue weighted by molar-refractivity contribution is -0.122. The largest absolute Gasteiger partial charge is 0.353 e. The van der Waals surface area contributed by atoms with Gasteiger partial charge in [-0.1, -0.05) is 0 Å². The van der Waals surface area contributed by atoms with Gasteiger partial charge in [0.05, 0.1) is 6.04 Å². The van der Waals surface area contributed by atoms with Crippen LogP contribution in [0, 0.1) is 0 Å². The molecule has 0 spiro atoms. The third-order valence-electron chi connectivity index (χ3n) is 2.35. The zero-order chi connectivity index (χ0) is 9.90. The molecule has 4 heteroatoms. The molecule has 1 saturated heterocycles. The topological polar surface area (TPSA) is 55.1 Å². The molecule has 1 aliphatic rings. The summed E-state index contributed by atoms with van der Waals surface area (Å²) in [4.78, 5) is 11.2. The summed E-state index contributed by atoms with van der Waals surface area (Å²) in [7, 11) is 0. The normalized spacial score (nSPS) is 30.1. The molecule has 3 N–H and O–H groups in total. The number of rotatable bonds is 3. The van der Waals surface area contributed by atoms with Crippen LogP contribution >= 0.6 is 11.8 Å². The fourth-order valence-electron chi connectivity index (χ4n) is 1.41. The van der Waals surface area contributed by atoms with Crippen molar-refractivity contribution in [2.24, 2.45) is 5.73 Å². The Morgan fingerprint density at radius 1 is 1.77 bits per heavy atom. The second-order valence-electron chi connectivity index (χ2n) is 3.91. The zero-order valence-electron chi connectivity index (χ0n) is 8.30. The van der Waals surface area contributed by atoms with E-state index >= 15 is 0 Å². The molecule has 0 radical (unpaired) electrons. The standard InChI is InChI=1S/C9H18N2OS/c1-7(10)8(12)11-6-9(2)4-3-5-13-9/h7H,3-6,10H2,1-2H3,(H,11,12)/t7-,9?/m0/s1. The van der Waals surface area contributed by atoms with Crippen molar-refractivity contribution in [2.75, 3.05) is 12.3 Å². The van der Waals surface area contributed by atoms with E-state index < -0.39 is 6.04 Å². The van der Waals surface area contributed by atoms with E-state index in [9.17, 15) is 4.79 Å². The highest BCUT2D eigenvalue weighted by atomic mass is 32.2. The van der Waals surface area contributed by atoms with Crippen molar-refractivity contribution in [3.05, 3.63) is 0 Å². The van der Waals surface area contributed by atoms with Gasteiger partial charge in [0.2, 0.25) is 5.91 Å². The van der Waals surface area contributed by atoms with Crippen molar-refractivity contribution in [3.63, 3.8) is 0 Å². The second kappa shape index (κ2) is 4.33. The van der Waals surface area contributed by atoms with Crippen LogP contribution in [0.15, 0.2) is 0 Å². The summed E-state index contributed by atoms with van der Waals surface area (Å²) in [6.45, 7) is 4.66. The van der Waals surface area contributed by atoms with E-state index in [1.807, 2.05) is 11.8 Å². The number of carbonyl (C=O) groups excluding carboxylic acids is 1. The van der Waals surface area contributed by atoms with Gasteiger partial charge < -0.3 is 11.1 Å². The van der Waals surface area contributed by atoms with Gasteiger partial charge in [0.15, 0.2) is 0 Å². The molecular weight excluding hydrogens is 184 g/mol. The molecule has 1 aliphatic heterocycles. The molecule has 13 heavy (non-hydrogen) atoms. The maximum Gasteiger partial charge on any atom is 0.236 e. The monoisotopic (exact) mass is 202 g/mol. The number of hydrogen-bond acceptors (Lipinski definition) is 3. The average molecular weight is 202 g/mol. The Bertz CT molecular complexity index is 188. The molecule has 1 fully saturated rings. The maximum atomic E-state index is 11.2. The Kier molecular flexibility index (Phi) is 3.62. The van der Waals surface area contributed by atoms with Crippen LogP contribution in [0.5, 0.6) is 0 Å². The van der Waals surface area contributed by atoms with Crippen molar-refractivity contribution in [1.82, 2.24) is 5.32 Å². The van der Waals surface area contributed by atoms with E-state index in [4.69, 9.17) is 5.73 Å². The van der Waals surface area contributed by atoms with Gasteiger partial charge in [-0.15, -0.1) is 0 Å². The summed E-state index contributed by atoms with van der Waals surface area (Å²) in [5.74, 6) is 1.17. The lowest BCUT2D eigenvalue weighted by Crippen LogP contribution is -2.43. The molecule has 2 atom stereocenters. The third kappa shape index (κ3) is 3.19. The van der Waals surface area contributed by atoms with Crippen molar-refractivity contribution in [1.29, 1.82) is 0 Å². The van der Waals surface area contributed by atoms with E-state index in [1.165, 1.54) is 18.6 Å². The highest BCUT2D eigenvalue weighted by Gasteiger charge is 2.29. The molecule has 3 nitrogen and oxygen atoms in total. The Hall–Kier alpha value is -0.220. The summed E-state index contributed by atoms with van der Waals surface area (Å²) in [5.41, 5.74) is 5.44. The first-order chi connectivity index (χ1) is 6.03. The first-order valence-corrected chi connectivity index (χ1v) is 5.69. The van der Waals surface area contributed by atoms with Crippen LogP contribution < -0.4 is 11.1 Å². The Morgan fingerprint density at radius 3 is 2.92 bits per heavy atom. The summed E-state index contributed by atoms with van der Waals surface area (Å²) in [6.07, 6.45) is 2.45. The summed E-state index contributed by atoms with van der Waals surface area (Å²) in [5, 5.41) is 2.88. The van der Waals surface area contributed by atoms with Gasteiger partial charge in [0.1, 0.15) is 0 Å². The van der Waals surface area contributed by atoms with Gasteiger partial charge in [0, 0.05) is 11.3 Å². The minimum absolute atomic E-state index is 0.0475. The molecule has 0 aromatic rings. The van der Waals surface area contributed by atoms with E-state index in [-0.39, 0.29) is 10.7 Å². The van der Waals surface area contributed by atoms with E-state index in [0.29, 0.717) is 0 Å². The lowest BCUT2D eigenvalue weighted by atomic mass is 10.1. The molecular formula is C9H18N2OS. The molecule has 76 valence electrons. The molecule has 0 aromatic carbocycles. The average Bonchev–Trinajstić information content (AvgIpc) is 2.48. The summed E-state index contributed by atoms with van der Waals surface area (Å²) < 4.78 is 0.241. The van der Waals surface area contributed by atoms with E-state index in [0.717, 1.165) is 6.54 Å². The molecule has 1 unspecified atom stereocenters. The van der Waals surface area contributed by atoms with Crippen molar-refractivity contribution in [3.8, 4) is 0 Å². The van der Waals surface area contributed by atoms with Crippen LogP contribution in [0.25, 0.3) is 0 Å². The van der Waals surface area contributed by atoms with Gasteiger partial charge in [-0.25, -0.2) is 0 Å². The number of hydrogen-bond donors (Lipinski definition) is 2. The zero-order valence-corrected chi connectivity index (χ0v) is 9.12. The van der Waals surface area contributed by atoms with E-state index in [2.05, 4.69) is 12.2 Å². The van der Waals surface area contributed by atoms with Crippen LogP contribution in [-0.2, 0) is 4.79 Å². The third-order valence-corrected chi connectivity index (χ3v) is 3.89. The Labute approximate surface area is 83.8 Å². The number of amides is 1. The highest BCUT2D eigenvalue weighted by Crippen LogP contribution is 2.36. The molecule has 0 saturated carbocycles.